The molecule has 0 radical (unpaired) electrons. The second-order valence-electron chi connectivity index (χ2n) is 4.76. The van der Waals surface area contributed by atoms with Crippen LogP contribution in [0.2, 0.25) is 0 Å². The first-order valence-electron chi connectivity index (χ1n) is 6.38. The summed E-state index contributed by atoms with van der Waals surface area (Å²) in [6, 6.07) is 0. The number of hydrogen-bond acceptors (Lipinski definition) is 4. The molecule has 2 amide bonds. The lowest BCUT2D eigenvalue weighted by atomic mass is 9.95. The fraction of sp³-hybridized carbons (Fsp3) is 0.750. The van der Waals surface area contributed by atoms with Crippen molar-refractivity contribution in [3.8, 4) is 0 Å². The van der Waals surface area contributed by atoms with Crippen molar-refractivity contribution < 1.29 is 24.2 Å². The summed E-state index contributed by atoms with van der Waals surface area (Å²) in [6.45, 7) is 2.12. The Hall–Kier alpha value is -1.79. The van der Waals surface area contributed by atoms with E-state index in [1.54, 1.807) is 0 Å². The minimum atomic E-state index is -0.926. The molecule has 1 saturated carbocycles. The number of nitrogens with two attached hydrogens (primary N) is 1. The lowest BCUT2D eigenvalue weighted by Gasteiger charge is -2.15. The van der Waals surface area contributed by atoms with E-state index >= 15 is 0 Å². The van der Waals surface area contributed by atoms with Crippen molar-refractivity contribution in [1.29, 1.82) is 0 Å². The standard InChI is InChI=1S/C12H20N2O5/c1-2-7-5-8(9(6-7)11(16)17)10(15)14-3-4-19-12(13)18/h7-9H,2-6H2,1H3,(H2,13,18)(H,14,15)(H,16,17)/t7?,8-,9+/m0/s1. The second kappa shape index (κ2) is 6.96. The molecule has 1 fully saturated rings. The Morgan fingerprint density at radius 2 is 1.95 bits per heavy atom. The molecule has 1 rings (SSSR count). The molecule has 1 aliphatic carbocycles. The number of nitrogens with one attached hydrogen (secondary N) is 1. The summed E-state index contributed by atoms with van der Waals surface area (Å²) >= 11 is 0. The maximum atomic E-state index is 11.9. The molecule has 3 atom stereocenters. The molecule has 0 aromatic heterocycles. The molecule has 0 aromatic rings. The van der Waals surface area contributed by atoms with Gasteiger partial charge in [-0.2, -0.15) is 0 Å². The number of amides is 2. The highest BCUT2D eigenvalue weighted by Gasteiger charge is 2.41. The van der Waals surface area contributed by atoms with Crippen LogP contribution in [-0.4, -0.2) is 36.2 Å². The zero-order valence-corrected chi connectivity index (χ0v) is 10.9. The Bertz CT molecular complexity index is 358. The smallest absolute Gasteiger partial charge is 0.404 e. The van der Waals surface area contributed by atoms with Gasteiger partial charge in [0, 0.05) is 0 Å². The molecule has 0 bridgehead atoms. The first kappa shape index (κ1) is 15.3. The normalized spacial score (nSPS) is 25.8. The van der Waals surface area contributed by atoms with Gasteiger partial charge in [0.1, 0.15) is 6.61 Å². The van der Waals surface area contributed by atoms with Gasteiger partial charge in [-0.05, 0) is 18.8 Å². The average molecular weight is 272 g/mol. The van der Waals surface area contributed by atoms with Crippen LogP contribution < -0.4 is 11.1 Å². The van der Waals surface area contributed by atoms with E-state index in [0.29, 0.717) is 12.8 Å². The molecule has 0 aliphatic heterocycles. The predicted molar refractivity (Wildman–Crippen MR) is 66.2 cm³/mol. The van der Waals surface area contributed by atoms with E-state index in [-0.39, 0.29) is 25.0 Å². The zero-order chi connectivity index (χ0) is 14.4. The van der Waals surface area contributed by atoms with Crippen LogP contribution in [0.3, 0.4) is 0 Å². The van der Waals surface area contributed by atoms with Gasteiger partial charge in [0.15, 0.2) is 0 Å². The lowest BCUT2D eigenvalue weighted by Crippen LogP contribution is -2.37. The highest BCUT2D eigenvalue weighted by Crippen LogP contribution is 2.38. The van der Waals surface area contributed by atoms with E-state index in [2.05, 4.69) is 10.1 Å². The summed E-state index contributed by atoms with van der Waals surface area (Å²) < 4.78 is 4.48. The molecule has 108 valence electrons. The third kappa shape index (κ3) is 4.42. The van der Waals surface area contributed by atoms with Gasteiger partial charge in [-0.3, -0.25) is 9.59 Å². The molecule has 0 saturated heterocycles. The molecular formula is C12H20N2O5. The molecule has 0 aromatic carbocycles. The number of carboxylic acid groups (broad SMARTS) is 1. The van der Waals surface area contributed by atoms with Gasteiger partial charge >= 0.3 is 12.1 Å². The molecule has 7 heteroatoms. The third-order valence-corrected chi connectivity index (χ3v) is 3.54. The number of primary amides is 1. The number of hydrogen-bond donors (Lipinski definition) is 3. The topological polar surface area (TPSA) is 119 Å². The highest BCUT2D eigenvalue weighted by molar-refractivity contribution is 5.85. The van der Waals surface area contributed by atoms with Crippen LogP contribution in [0.5, 0.6) is 0 Å². The van der Waals surface area contributed by atoms with Crippen LogP contribution >= 0.6 is 0 Å². The van der Waals surface area contributed by atoms with Gasteiger partial charge in [-0.1, -0.05) is 13.3 Å². The van der Waals surface area contributed by atoms with Gasteiger partial charge < -0.3 is 20.9 Å². The Morgan fingerprint density at radius 3 is 2.47 bits per heavy atom. The summed E-state index contributed by atoms with van der Waals surface area (Å²) in [4.78, 5) is 33.4. The van der Waals surface area contributed by atoms with Crippen molar-refractivity contribution in [1.82, 2.24) is 5.32 Å². The van der Waals surface area contributed by atoms with Crippen LogP contribution in [0, 0.1) is 17.8 Å². The van der Waals surface area contributed by atoms with Gasteiger partial charge in [0.25, 0.3) is 0 Å². The SMILES string of the molecule is CCC1C[C@H](C(=O)NCCOC(N)=O)[C@H](C(=O)O)C1. The van der Waals surface area contributed by atoms with E-state index in [9.17, 15) is 14.4 Å². The summed E-state index contributed by atoms with van der Waals surface area (Å²) in [5.74, 6) is -2.07. The van der Waals surface area contributed by atoms with Crippen molar-refractivity contribution in [2.24, 2.45) is 23.5 Å². The molecule has 1 aliphatic rings. The second-order valence-corrected chi connectivity index (χ2v) is 4.76. The minimum Gasteiger partial charge on any atom is -0.481 e. The van der Waals surface area contributed by atoms with E-state index in [4.69, 9.17) is 10.8 Å². The summed E-state index contributed by atoms with van der Waals surface area (Å²) in [5.41, 5.74) is 4.78. The number of carbonyl (C=O) groups is 3. The number of rotatable bonds is 6. The largest absolute Gasteiger partial charge is 0.481 e. The average Bonchev–Trinajstić information content (AvgIpc) is 2.78. The van der Waals surface area contributed by atoms with Crippen LogP contribution in [0.1, 0.15) is 26.2 Å². The maximum Gasteiger partial charge on any atom is 0.404 e. The van der Waals surface area contributed by atoms with Crippen molar-refractivity contribution in [2.45, 2.75) is 26.2 Å². The monoisotopic (exact) mass is 272 g/mol. The van der Waals surface area contributed by atoms with Crippen molar-refractivity contribution in [3.05, 3.63) is 0 Å². The van der Waals surface area contributed by atoms with E-state index in [1.165, 1.54) is 0 Å². The van der Waals surface area contributed by atoms with Gasteiger partial charge in [0.05, 0.1) is 18.4 Å². The molecule has 0 heterocycles. The van der Waals surface area contributed by atoms with Crippen LogP contribution in [0.15, 0.2) is 0 Å². The molecule has 7 nitrogen and oxygen atoms in total. The maximum absolute atomic E-state index is 11.9. The number of carboxylic acids is 1. The number of ether oxygens (including phenoxy) is 1. The van der Waals surface area contributed by atoms with Crippen molar-refractivity contribution in [3.63, 3.8) is 0 Å². The van der Waals surface area contributed by atoms with Crippen LogP contribution in [0.25, 0.3) is 0 Å². The van der Waals surface area contributed by atoms with Gasteiger partial charge in [-0.15, -0.1) is 0 Å². The Kier molecular flexibility index (Phi) is 5.59. The van der Waals surface area contributed by atoms with E-state index in [1.807, 2.05) is 6.92 Å². The fourth-order valence-electron chi connectivity index (χ4n) is 2.50. The van der Waals surface area contributed by atoms with Gasteiger partial charge in [0.2, 0.25) is 5.91 Å². The summed E-state index contributed by atoms with van der Waals surface area (Å²) in [5, 5.41) is 11.7. The lowest BCUT2D eigenvalue weighted by molar-refractivity contribution is -0.146. The Morgan fingerprint density at radius 1 is 1.32 bits per heavy atom. The third-order valence-electron chi connectivity index (χ3n) is 3.54. The molecular weight excluding hydrogens is 252 g/mol. The fourth-order valence-corrected chi connectivity index (χ4v) is 2.50. The van der Waals surface area contributed by atoms with Crippen LogP contribution in [-0.2, 0) is 14.3 Å². The molecule has 4 N–H and O–H groups in total. The van der Waals surface area contributed by atoms with E-state index in [0.717, 1.165) is 6.42 Å². The van der Waals surface area contributed by atoms with Gasteiger partial charge in [-0.25, -0.2) is 4.79 Å². The van der Waals surface area contributed by atoms with Crippen molar-refractivity contribution in [2.75, 3.05) is 13.2 Å². The highest BCUT2D eigenvalue weighted by atomic mass is 16.5. The Balaban J connectivity index is 2.45. The van der Waals surface area contributed by atoms with Crippen LogP contribution in [0.4, 0.5) is 4.79 Å². The first-order valence-corrected chi connectivity index (χ1v) is 6.38. The zero-order valence-electron chi connectivity index (χ0n) is 10.9. The van der Waals surface area contributed by atoms with E-state index < -0.39 is 23.9 Å². The minimum absolute atomic E-state index is 0.0112. The summed E-state index contributed by atoms with van der Waals surface area (Å²) in [6.07, 6.45) is 1.11. The quantitative estimate of drug-likeness (QED) is 0.602. The number of aliphatic carboxylic acids is 1. The molecule has 1 unspecified atom stereocenters. The first-order chi connectivity index (χ1) is 8.95. The molecule has 19 heavy (non-hydrogen) atoms. The predicted octanol–water partition coefficient (Wildman–Crippen LogP) is 0.335. The van der Waals surface area contributed by atoms with Crippen molar-refractivity contribution >= 4 is 18.0 Å². The Labute approximate surface area is 111 Å². The summed E-state index contributed by atoms with van der Waals surface area (Å²) in [7, 11) is 0. The number of carbonyl (C=O) groups excluding carboxylic acids is 2. The molecule has 0 spiro atoms.